The Morgan fingerprint density at radius 3 is 2.47 bits per heavy atom. The number of halogens is 2. The first-order valence-electron chi connectivity index (χ1n) is 11.0. The topological polar surface area (TPSA) is 79.6 Å². The third-order valence-corrected chi connectivity index (χ3v) is 6.53. The predicted octanol–water partition coefficient (Wildman–Crippen LogP) is 5.23. The van der Waals surface area contributed by atoms with E-state index in [0.29, 0.717) is 28.7 Å². The molecule has 0 bridgehead atoms. The first-order chi connectivity index (χ1) is 16.3. The van der Waals surface area contributed by atoms with E-state index in [1.807, 2.05) is 49.6 Å². The fraction of sp³-hybridized carbons (Fsp3) is 0.280. The van der Waals surface area contributed by atoms with Crippen LogP contribution in [0.15, 0.2) is 42.5 Å². The Labute approximate surface area is 207 Å². The summed E-state index contributed by atoms with van der Waals surface area (Å²) in [6.07, 6.45) is 0.758. The van der Waals surface area contributed by atoms with Crippen molar-refractivity contribution in [3.63, 3.8) is 0 Å². The van der Waals surface area contributed by atoms with Crippen molar-refractivity contribution in [1.82, 2.24) is 19.5 Å². The molecule has 2 aromatic carbocycles. The summed E-state index contributed by atoms with van der Waals surface area (Å²) < 4.78 is 1.84. The third-order valence-electron chi connectivity index (χ3n) is 5.90. The number of aromatic nitrogens is 3. The van der Waals surface area contributed by atoms with Crippen molar-refractivity contribution in [2.45, 2.75) is 33.6 Å². The summed E-state index contributed by atoms with van der Waals surface area (Å²) in [6.45, 7) is 6.10. The number of carbonyl (C=O) groups excluding carboxylic acids is 2. The third kappa shape index (κ3) is 4.72. The van der Waals surface area contributed by atoms with Gasteiger partial charge in [0.15, 0.2) is 5.65 Å². The van der Waals surface area contributed by atoms with Gasteiger partial charge in [-0.25, -0.2) is 9.50 Å². The van der Waals surface area contributed by atoms with Crippen LogP contribution < -0.4 is 5.32 Å². The molecule has 0 radical (unpaired) electrons. The molecule has 2 heterocycles. The summed E-state index contributed by atoms with van der Waals surface area (Å²) in [5.74, 6) is -0.476. The van der Waals surface area contributed by atoms with Crippen molar-refractivity contribution in [3.05, 3.63) is 69.5 Å². The lowest BCUT2D eigenvalue weighted by molar-refractivity contribution is -0.134. The first-order valence-corrected chi connectivity index (χ1v) is 11.8. The van der Waals surface area contributed by atoms with Gasteiger partial charge in [0.1, 0.15) is 0 Å². The number of para-hydroxylation sites is 1. The highest BCUT2D eigenvalue weighted by Crippen LogP contribution is 2.29. The fourth-order valence-electron chi connectivity index (χ4n) is 4.07. The lowest BCUT2D eigenvalue weighted by Crippen LogP contribution is -2.38. The summed E-state index contributed by atoms with van der Waals surface area (Å²) in [5, 5.41) is 9.06. The minimum atomic E-state index is -0.358. The van der Waals surface area contributed by atoms with Gasteiger partial charge in [-0.3, -0.25) is 9.59 Å². The molecular formula is C25H25Cl2N5O2. The van der Waals surface area contributed by atoms with Crippen LogP contribution in [0.4, 0.5) is 5.69 Å². The molecule has 176 valence electrons. The SMILES string of the molecule is CCN(CC(=O)Nc1c(Cl)cccc1Cl)C(=O)CCc1c(C)nc2c3ccccc3nn2c1C. The molecule has 4 rings (SSSR count). The zero-order chi connectivity index (χ0) is 24.4. The Morgan fingerprint density at radius 1 is 1.06 bits per heavy atom. The number of fused-ring (bicyclic) bond motifs is 3. The maximum atomic E-state index is 12.9. The monoisotopic (exact) mass is 497 g/mol. The highest BCUT2D eigenvalue weighted by Gasteiger charge is 2.19. The zero-order valence-electron chi connectivity index (χ0n) is 19.2. The van der Waals surface area contributed by atoms with Gasteiger partial charge in [0.25, 0.3) is 0 Å². The van der Waals surface area contributed by atoms with Crippen molar-refractivity contribution in [3.8, 4) is 0 Å². The van der Waals surface area contributed by atoms with Gasteiger partial charge < -0.3 is 10.2 Å². The maximum absolute atomic E-state index is 12.9. The average molecular weight is 498 g/mol. The van der Waals surface area contributed by atoms with E-state index in [0.717, 1.165) is 33.5 Å². The first kappa shape index (κ1) is 24.0. The van der Waals surface area contributed by atoms with Crippen LogP contribution in [0, 0.1) is 13.8 Å². The summed E-state index contributed by atoms with van der Waals surface area (Å²) in [5.41, 5.74) is 4.85. The van der Waals surface area contributed by atoms with Crippen LogP contribution in [0.2, 0.25) is 10.0 Å². The number of carbonyl (C=O) groups is 2. The molecule has 2 amide bonds. The van der Waals surface area contributed by atoms with Gasteiger partial charge in [-0.15, -0.1) is 0 Å². The average Bonchev–Trinajstić information content (AvgIpc) is 3.18. The fourth-order valence-corrected chi connectivity index (χ4v) is 4.57. The van der Waals surface area contributed by atoms with Gasteiger partial charge in [0, 0.05) is 29.7 Å². The molecule has 0 aliphatic heterocycles. The second kappa shape index (κ2) is 9.99. The van der Waals surface area contributed by atoms with Crippen LogP contribution in [0.5, 0.6) is 0 Å². The van der Waals surface area contributed by atoms with Crippen molar-refractivity contribution in [2.24, 2.45) is 0 Å². The maximum Gasteiger partial charge on any atom is 0.244 e. The van der Waals surface area contributed by atoms with Gasteiger partial charge in [0.05, 0.1) is 27.8 Å². The quantitative estimate of drug-likeness (QED) is 0.379. The molecule has 0 aliphatic rings. The molecule has 0 saturated heterocycles. The van der Waals surface area contributed by atoms with E-state index in [1.54, 1.807) is 18.2 Å². The lowest BCUT2D eigenvalue weighted by atomic mass is 10.1. The Morgan fingerprint density at radius 2 is 1.76 bits per heavy atom. The van der Waals surface area contributed by atoms with Crippen LogP contribution in [-0.2, 0) is 16.0 Å². The minimum Gasteiger partial charge on any atom is -0.334 e. The number of likely N-dealkylation sites (N-methyl/N-ethyl adjacent to an activating group) is 1. The molecule has 2 aromatic heterocycles. The molecule has 34 heavy (non-hydrogen) atoms. The van der Waals surface area contributed by atoms with Gasteiger partial charge in [-0.2, -0.15) is 5.10 Å². The van der Waals surface area contributed by atoms with E-state index in [2.05, 4.69) is 10.4 Å². The van der Waals surface area contributed by atoms with Crippen molar-refractivity contribution < 1.29 is 9.59 Å². The summed E-state index contributed by atoms with van der Waals surface area (Å²) >= 11 is 12.3. The van der Waals surface area contributed by atoms with E-state index in [9.17, 15) is 9.59 Å². The van der Waals surface area contributed by atoms with Gasteiger partial charge in [-0.1, -0.05) is 41.4 Å². The largest absolute Gasteiger partial charge is 0.334 e. The Bertz CT molecular complexity index is 1380. The number of rotatable bonds is 7. The molecule has 0 atom stereocenters. The number of hydrogen-bond acceptors (Lipinski definition) is 4. The summed E-state index contributed by atoms with van der Waals surface area (Å²) in [6, 6.07) is 12.9. The smallest absolute Gasteiger partial charge is 0.244 e. The van der Waals surface area contributed by atoms with Crippen LogP contribution in [0.25, 0.3) is 16.6 Å². The number of amides is 2. The van der Waals surface area contributed by atoms with Gasteiger partial charge >= 0.3 is 0 Å². The summed E-state index contributed by atoms with van der Waals surface area (Å²) in [7, 11) is 0. The molecule has 0 saturated carbocycles. The highest BCUT2D eigenvalue weighted by atomic mass is 35.5. The van der Waals surface area contributed by atoms with E-state index in [4.69, 9.17) is 28.2 Å². The predicted molar refractivity (Wildman–Crippen MR) is 136 cm³/mol. The standard InChI is InChI=1S/C25H25Cl2N5O2/c1-4-31(14-22(33)29-24-19(26)9-7-10-20(24)27)23(34)13-12-17-15(2)28-25-18-8-5-6-11-21(18)30-32(25)16(17)3/h5-11H,4,12-14H2,1-3H3,(H,29,33). The molecule has 4 aromatic rings. The van der Waals surface area contributed by atoms with E-state index in [1.165, 1.54) is 4.90 Å². The molecule has 0 unspecified atom stereocenters. The lowest BCUT2D eigenvalue weighted by Gasteiger charge is -2.21. The Balaban J connectivity index is 1.46. The number of nitrogens with zero attached hydrogens (tertiary/aromatic N) is 4. The van der Waals surface area contributed by atoms with Crippen LogP contribution >= 0.6 is 23.2 Å². The number of benzene rings is 2. The number of aryl methyl sites for hydroxylation is 2. The van der Waals surface area contributed by atoms with Crippen LogP contribution in [0.3, 0.4) is 0 Å². The van der Waals surface area contributed by atoms with Crippen LogP contribution in [-0.4, -0.2) is 44.4 Å². The van der Waals surface area contributed by atoms with E-state index in [-0.39, 0.29) is 24.8 Å². The van der Waals surface area contributed by atoms with Gasteiger partial charge in [0.2, 0.25) is 11.8 Å². The zero-order valence-corrected chi connectivity index (χ0v) is 20.7. The second-order valence-corrected chi connectivity index (χ2v) is 8.88. The van der Waals surface area contributed by atoms with Crippen LogP contribution in [0.1, 0.15) is 30.3 Å². The summed E-state index contributed by atoms with van der Waals surface area (Å²) in [4.78, 5) is 31.8. The van der Waals surface area contributed by atoms with Crippen molar-refractivity contribution in [2.75, 3.05) is 18.4 Å². The molecule has 7 nitrogen and oxygen atoms in total. The van der Waals surface area contributed by atoms with Crippen molar-refractivity contribution in [1.29, 1.82) is 0 Å². The van der Waals surface area contributed by atoms with Crippen molar-refractivity contribution >= 4 is 57.3 Å². The van der Waals surface area contributed by atoms with E-state index < -0.39 is 0 Å². The van der Waals surface area contributed by atoms with Gasteiger partial charge in [-0.05, 0) is 57.0 Å². The molecule has 1 N–H and O–H groups in total. The molecule has 0 aliphatic carbocycles. The number of hydrogen-bond donors (Lipinski definition) is 1. The molecule has 9 heteroatoms. The second-order valence-electron chi connectivity index (χ2n) is 8.07. The Kier molecular flexibility index (Phi) is 7.05. The Hall–Kier alpha value is -3.16. The molecular weight excluding hydrogens is 473 g/mol. The molecule has 0 spiro atoms. The minimum absolute atomic E-state index is 0.0866. The molecule has 0 fully saturated rings. The highest BCUT2D eigenvalue weighted by molar-refractivity contribution is 6.39. The number of nitrogens with one attached hydrogen (secondary N) is 1. The normalized spacial score (nSPS) is 11.2. The van der Waals surface area contributed by atoms with E-state index >= 15 is 0 Å². The number of anilines is 1.